The Kier molecular flexibility index (Phi) is 10.1. The van der Waals surface area contributed by atoms with E-state index in [2.05, 4.69) is 48.6 Å². The molecule has 4 rings (SSSR count). The van der Waals surface area contributed by atoms with E-state index in [1.165, 1.54) is 23.4 Å². The van der Waals surface area contributed by atoms with E-state index in [4.69, 9.17) is 20.9 Å². The minimum Gasteiger partial charge on any atom is -0.495 e. The molecular weight excluding hydrogens is 589 g/mol. The van der Waals surface area contributed by atoms with Crippen LogP contribution in [-0.4, -0.2) is 62.3 Å². The highest BCUT2D eigenvalue weighted by molar-refractivity contribution is 7.81. The fourth-order valence-electron chi connectivity index (χ4n) is 3.93. The number of methoxy groups -OCH3 is 1. The molecular formula is C23H30ClFN6O5P2S. The summed E-state index contributed by atoms with van der Waals surface area (Å²) in [6.45, 7) is 6.76. The van der Waals surface area contributed by atoms with Crippen molar-refractivity contribution in [1.29, 1.82) is 0 Å². The van der Waals surface area contributed by atoms with Gasteiger partial charge < -0.3 is 24.1 Å². The second-order valence-corrected chi connectivity index (χ2v) is 11.9. The molecule has 0 spiro atoms. The van der Waals surface area contributed by atoms with Gasteiger partial charge in [-0.15, -0.1) is 0 Å². The highest BCUT2D eigenvalue weighted by Crippen LogP contribution is 2.40. The molecule has 0 radical (unpaired) electrons. The third kappa shape index (κ3) is 7.77. The maximum atomic E-state index is 13.0. The van der Waals surface area contributed by atoms with Gasteiger partial charge in [0.1, 0.15) is 10.8 Å². The van der Waals surface area contributed by atoms with Crippen LogP contribution in [0.4, 0.5) is 27.2 Å². The number of aromatic nitrogens is 3. The number of rotatable bonds is 9. The Labute approximate surface area is 236 Å². The van der Waals surface area contributed by atoms with Crippen molar-refractivity contribution in [2.75, 3.05) is 44.7 Å². The van der Waals surface area contributed by atoms with Gasteiger partial charge in [-0.05, 0) is 57.0 Å². The summed E-state index contributed by atoms with van der Waals surface area (Å²) in [5.41, 5.74) is 3.12. The molecule has 0 bridgehead atoms. The number of pyridine rings is 1. The van der Waals surface area contributed by atoms with Crippen molar-refractivity contribution >= 4 is 63.4 Å². The molecule has 1 aliphatic rings. The number of anilines is 4. The van der Waals surface area contributed by atoms with E-state index < -0.39 is 18.7 Å². The van der Waals surface area contributed by atoms with Gasteiger partial charge in [-0.3, -0.25) is 4.90 Å². The van der Waals surface area contributed by atoms with Crippen LogP contribution in [0.1, 0.15) is 24.1 Å². The number of nitrogens with zero attached hydrogens (tertiary/aromatic N) is 4. The topological polar surface area (TPSA) is 128 Å². The number of nitrogens with one attached hydrogen (secondary N) is 2. The number of fused-ring (bicyclic) bond motifs is 1. The van der Waals surface area contributed by atoms with Crippen molar-refractivity contribution in [2.24, 2.45) is 0 Å². The van der Waals surface area contributed by atoms with E-state index in [9.17, 15) is 12.3 Å². The lowest BCUT2D eigenvalue weighted by Gasteiger charge is -2.33. The van der Waals surface area contributed by atoms with Crippen molar-refractivity contribution in [1.82, 2.24) is 19.9 Å². The van der Waals surface area contributed by atoms with Crippen LogP contribution in [0.5, 0.6) is 17.2 Å². The molecule has 0 aliphatic carbocycles. The molecule has 0 fully saturated rings. The Morgan fingerprint density at radius 2 is 1.87 bits per heavy atom. The SMILES string of the molecule is COc1cc2c(cc1Nc1ncc(Cl)c(Nc3ncc(OS(=O)(=O)F)cc3OP(C)C)n1)C(C)N(C)CC2.P. The van der Waals surface area contributed by atoms with Crippen LogP contribution in [0.2, 0.25) is 5.02 Å². The predicted octanol–water partition coefficient (Wildman–Crippen LogP) is 5.26. The van der Waals surface area contributed by atoms with E-state index in [-0.39, 0.29) is 50.0 Å². The summed E-state index contributed by atoms with van der Waals surface area (Å²) in [6, 6.07) is 5.51. The maximum Gasteiger partial charge on any atom is 0.488 e. The molecule has 1 aromatic carbocycles. The highest BCUT2D eigenvalue weighted by atomic mass is 35.5. The zero-order valence-electron chi connectivity index (χ0n) is 22.0. The quantitative estimate of drug-likeness (QED) is 0.241. The minimum atomic E-state index is -5.23. The zero-order valence-corrected chi connectivity index (χ0v) is 25.9. The number of hydrogen-bond acceptors (Lipinski definition) is 11. The Morgan fingerprint density at radius 1 is 1.13 bits per heavy atom. The van der Waals surface area contributed by atoms with E-state index in [0.717, 1.165) is 19.2 Å². The molecule has 2 aromatic heterocycles. The first-order valence-electron chi connectivity index (χ1n) is 11.4. The summed E-state index contributed by atoms with van der Waals surface area (Å²) >= 11 is 6.35. The summed E-state index contributed by atoms with van der Waals surface area (Å²) in [5.74, 6) is 1.05. The molecule has 11 nitrogen and oxygen atoms in total. The molecule has 16 heteroatoms. The normalized spacial score (nSPS) is 15.2. The van der Waals surface area contributed by atoms with Gasteiger partial charge in [0, 0.05) is 18.7 Å². The number of halogens is 2. The van der Waals surface area contributed by atoms with Gasteiger partial charge in [-0.25, -0.2) is 9.97 Å². The summed E-state index contributed by atoms with van der Waals surface area (Å²) < 4.78 is 50.4. The molecule has 3 aromatic rings. The van der Waals surface area contributed by atoms with Crippen molar-refractivity contribution in [3.05, 3.63) is 46.7 Å². The molecule has 0 saturated heterocycles. The van der Waals surface area contributed by atoms with Crippen molar-refractivity contribution in [2.45, 2.75) is 19.4 Å². The third-order valence-electron chi connectivity index (χ3n) is 5.84. The molecule has 1 aliphatic heterocycles. The summed E-state index contributed by atoms with van der Waals surface area (Å²) in [6.07, 6.45) is 3.37. The monoisotopic (exact) mass is 618 g/mol. The van der Waals surface area contributed by atoms with Crippen molar-refractivity contribution in [3.63, 3.8) is 0 Å². The van der Waals surface area contributed by atoms with Gasteiger partial charge in [0.15, 0.2) is 23.1 Å². The van der Waals surface area contributed by atoms with Crippen LogP contribution in [-0.2, 0) is 16.9 Å². The number of likely N-dealkylation sites (N-methyl/N-ethyl adjacent to an activating group) is 1. The van der Waals surface area contributed by atoms with Gasteiger partial charge in [0.2, 0.25) is 5.95 Å². The average molecular weight is 619 g/mol. The number of benzene rings is 1. The zero-order chi connectivity index (χ0) is 27.6. The second kappa shape index (κ2) is 12.7. The van der Waals surface area contributed by atoms with Gasteiger partial charge >= 0.3 is 10.5 Å². The number of hydrogen-bond donors (Lipinski definition) is 2. The van der Waals surface area contributed by atoms with Crippen LogP contribution in [0.15, 0.2) is 30.6 Å². The molecule has 0 amide bonds. The Bertz CT molecular complexity index is 1450. The lowest BCUT2D eigenvalue weighted by atomic mass is 9.93. The Morgan fingerprint density at radius 3 is 2.54 bits per heavy atom. The van der Waals surface area contributed by atoms with Crippen molar-refractivity contribution in [3.8, 4) is 17.2 Å². The fourth-order valence-corrected chi connectivity index (χ4v) is 4.93. The van der Waals surface area contributed by atoms with Gasteiger partial charge in [-0.2, -0.15) is 23.3 Å². The lowest BCUT2D eigenvalue weighted by Crippen LogP contribution is -2.30. The van der Waals surface area contributed by atoms with E-state index in [1.807, 2.05) is 25.5 Å². The largest absolute Gasteiger partial charge is 0.495 e. The Balaban J connectivity index is 0.00000420. The maximum absolute atomic E-state index is 13.0. The molecule has 2 unspecified atom stereocenters. The first kappa shape index (κ1) is 31.0. The average Bonchev–Trinajstić information content (AvgIpc) is 2.83. The lowest BCUT2D eigenvalue weighted by molar-refractivity contribution is 0.247. The van der Waals surface area contributed by atoms with Crippen LogP contribution < -0.4 is 24.1 Å². The molecule has 39 heavy (non-hydrogen) atoms. The van der Waals surface area contributed by atoms with Gasteiger partial charge in [0.25, 0.3) is 0 Å². The summed E-state index contributed by atoms with van der Waals surface area (Å²) in [7, 11) is -2.49. The highest BCUT2D eigenvalue weighted by Gasteiger charge is 2.23. The van der Waals surface area contributed by atoms with Crippen LogP contribution in [0.3, 0.4) is 0 Å². The first-order valence-corrected chi connectivity index (χ1v) is 15.2. The van der Waals surface area contributed by atoms with E-state index >= 15 is 0 Å². The molecule has 0 saturated carbocycles. The Hall–Kier alpha value is -2.56. The number of ether oxygens (including phenoxy) is 1. The summed E-state index contributed by atoms with van der Waals surface area (Å²) in [4.78, 5) is 15.2. The smallest absolute Gasteiger partial charge is 0.488 e. The predicted molar refractivity (Wildman–Crippen MR) is 157 cm³/mol. The second-order valence-electron chi connectivity index (χ2n) is 8.70. The van der Waals surface area contributed by atoms with E-state index in [0.29, 0.717) is 11.4 Å². The standard InChI is InChI=1S/C23H27ClFN6O5PS.H3P/c1-13-16-10-18(19(34-3)8-14(16)6-7-31(13)2)28-23-27-12-17(24)21(30-23)29-22-20(35-37(4)5)9-15(11-26-22)36-38(25,32)33;/h8-13H,6-7H2,1-5H3,(H2,26,27,28,29,30);1H3. The van der Waals surface area contributed by atoms with Gasteiger partial charge in [-0.1, -0.05) is 15.5 Å². The first-order chi connectivity index (χ1) is 17.9. The molecule has 3 heterocycles. The minimum absolute atomic E-state index is 0. The molecule has 2 N–H and O–H groups in total. The summed E-state index contributed by atoms with van der Waals surface area (Å²) in [5, 5.41) is 6.36. The van der Waals surface area contributed by atoms with Crippen LogP contribution >= 0.6 is 29.6 Å². The molecule has 2 atom stereocenters. The fraction of sp³-hybridized carbons (Fsp3) is 0.348. The van der Waals surface area contributed by atoms with Crippen LogP contribution in [0, 0.1) is 0 Å². The third-order valence-corrected chi connectivity index (χ3v) is 7.07. The van der Waals surface area contributed by atoms with Crippen molar-refractivity contribution < 1.29 is 25.7 Å². The van der Waals surface area contributed by atoms with Crippen LogP contribution in [0.25, 0.3) is 0 Å². The van der Waals surface area contributed by atoms with E-state index in [1.54, 1.807) is 7.11 Å². The van der Waals surface area contributed by atoms with Gasteiger partial charge in [0.05, 0.1) is 33.3 Å². The molecule has 212 valence electrons.